The largest absolute Gasteiger partial charge is 0.461 e. The number of hydrogen-bond acceptors (Lipinski definition) is 4. The van der Waals surface area contributed by atoms with Crippen LogP contribution in [0.3, 0.4) is 0 Å². The molecule has 108 valence electrons. The third-order valence-electron chi connectivity index (χ3n) is 3.05. The number of rotatable bonds is 6. The number of amides is 1. The van der Waals surface area contributed by atoms with Crippen LogP contribution in [-0.4, -0.2) is 24.2 Å². The van der Waals surface area contributed by atoms with Gasteiger partial charge in [0.2, 0.25) is 0 Å². The molecular weight excluding hydrogens is 274 g/mol. The summed E-state index contributed by atoms with van der Waals surface area (Å²) < 4.78 is 5.54. The second-order valence-corrected chi connectivity index (χ2v) is 5.99. The van der Waals surface area contributed by atoms with E-state index in [4.69, 9.17) is 9.52 Å². The summed E-state index contributed by atoms with van der Waals surface area (Å²) in [6.07, 6.45) is 0.696. The predicted molar refractivity (Wildman–Crippen MR) is 80.0 cm³/mol. The van der Waals surface area contributed by atoms with Crippen molar-refractivity contribution in [3.8, 4) is 10.6 Å². The van der Waals surface area contributed by atoms with Gasteiger partial charge < -0.3 is 14.8 Å². The Labute approximate surface area is 122 Å². The highest BCUT2D eigenvalue weighted by Crippen LogP contribution is 2.29. The van der Waals surface area contributed by atoms with Gasteiger partial charge in [-0.05, 0) is 43.5 Å². The molecule has 1 amide bonds. The Bertz CT molecular complexity index is 573. The van der Waals surface area contributed by atoms with E-state index in [0.29, 0.717) is 17.8 Å². The van der Waals surface area contributed by atoms with Crippen molar-refractivity contribution in [3.63, 3.8) is 0 Å². The number of hydrogen-bond donors (Lipinski definition) is 2. The van der Waals surface area contributed by atoms with Gasteiger partial charge in [0.1, 0.15) is 11.5 Å². The van der Waals surface area contributed by atoms with Crippen molar-refractivity contribution in [1.29, 1.82) is 0 Å². The van der Waals surface area contributed by atoms with Crippen molar-refractivity contribution in [2.75, 3.05) is 13.2 Å². The number of nitrogens with one attached hydrogen (secondary N) is 1. The molecule has 0 unspecified atom stereocenters. The molecule has 4 nitrogen and oxygen atoms in total. The Balaban J connectivity index is 1.96. The minimum Gasteiger partial charge on any atom is -0.461 e. The van der Waals surface area contributed by atoms with E-state index in [-0.39, 0.29) is 18.4 Å². The first-order valence-corrected chi connectivity index (χ1v) is 7.47. The third kappa shape index (κ3) is 3.71. The summed E-state index contributed by atoms with van der Waals surface area (Å²) in [6, 6.07) is 7.52. The zero-order valence-corrected chi connectivity index (χ0v) is 12.5. The average molecular weight is 293 g/mol. The number of aliphatic hydroxyl groups excluding tert-OH is 1. The summed E-state index contributed by atoms with van der Waals surface area (Å²) in [6.45, 7) is 4.62. The first-order valence-electron chi connectivity index (χ1n) is 6.66. The van der Waals surface area contributed by atoms with E-state index in [9.17, 15) is 4.79 Å². The molecular formula is C15H19NO3S. The summed E-state index contributed by atoms with van der Waals surface area (Å²) >= 11 is 1.42. The molecule has 2 rings (SSSR count). The summed E-state index contributed by atoms with van der Waals surface area (Å²) in [5.74, 6) is 1.85. The first-order chi connectivity index (χ1) is 9.60. The maximum atomic E-state index is 12.0. The van der Waals surface area contributed by atoms with Crippen LogP contribution in [0.5, 0.6) is 0 Å². The number of carbonyl (C=O) groups excluding carboxylic acids is 1. The highest BCUT2D eigenvalue weighted by Gasteiger charge is 2.12. The van der Waals surface area contributed by atoms with E-state index in [1.165, 1.54) is 11.3 Å². The topological polar surface area (TPSA) is 62.5 Å². The quantitative estimate of drug-likeness (QED) is 0.860. The van der Waals surface area contributed by atoms with Gasteiger partial charge in [-0.1, -0.05) is 6.92 Å². The number of thiophene rings is 1. The summed E-state index contributed by atoms with van der Waals surface area (Å²) in [5.41, 5.74) is 0. The van der Waals surface area contributed by atoms with Gasteiger partial charge >= 0.3 is 0 Å². The van der Waals surface area contributed by atoms with Gasteiger partial charge in [-0.25, -0.2) is 0 Å². The van der Waals surface area contributed by atoms with Crippen LogP contribution in [0, 0.1) is 12.8 Å². The molecule has 0 aliphatic heterocycles. The molecule has 0 spiro atoms. The van der Waals surface area contributed by atoms with Crippen LogP contribution in [0.2, 0.25) is 0 Å². The molecule has 2 aromatic rings. The Morgan fingerprint density at radius 1 is 1.40 bits per heavy atom. The fourth-order valence-electron chi connectivity index (χ4n) is 1.84. The summed E-state index contributed by atoms with van der Waals surface area (Å²) in [7, 11) is 0. The lowest BCUT2D eigenvalue weighted by atomic mass is 10.1. The maximum absolute atomic E-state index is 12.0. The van der Waals surface area contributed by atoms with Gasteiger partial charge in [0.15, 0.2) is 0 Å². The van der Waals surface area contributed by atoms with Crippen LogP contribution in [0.25, 0.3) is 10.6 Å². The molecule has 0 saturated carbocycles. The van der Waals surface area contributed by atoms with Gasteiger partial charge in [0.05, 0.1) is 9.75 Å². The zero-order chi connectivity index (χ0) is 14.5. The molecule has 0 aliphatic rings. The van der Waals surface area contributed by atoms with Crippen LogP contribution in [0.1, 0.15) is 28.8 Å². The van der Waals surface area contributed by atoms with Crippen molar-refractivity contribution in [1.82, 2.24) is 5.32 Å². The Kier molecular flexibility index (Phi) is 4.98. The molecule has 2 N–H and O–H groups in total. The molecule has 5 heteroatoms. The third-order valence-corrected chi connectivity index (χ3v) is 4.14. The Morgan fingerprint density at radius 2 is 2.20 bits per heavy atom. The standard InChI is InChI=1S/C15H19NO3S/c1-10(7-8-17)9-16-15(18)14-6-5-13(20-14)12-4-3-11(2)19-12/h3-6,10,17H,7-9H2,1-2H3,(H,16,18)/t10-/m1/s1. The normalized spacial score (nSPS) is 12.3. The minimum atomic E-state index is -0.0747. The van der Waals surface area contributed by atoms with Crippen molar-refractivity contribution < 1.29 is 14.3 Å². The number of aliphatic hydroxyl groups is 1. The van der Waals surface area contributed by atoms with E-state index in [0.717, 1.165) is 16.4 Å². The molecule has 0 aromatic carbocycles. The van der Waals surface area contributed by atoms with Gasteiger partial charge in [0.25, 0.3) is 5.91 Å². The molecule has 0 aliphatic carbocycles. The molecule has 0 saturated heterocycles. The molecule has 2 aromatic heterocycles. The van der Waals surface area contributed by atoms with E-state index >= 15 is 0 Å². The number of aryl methyl sites for hydroxylation is 1. The second-order valence-electron chi connectivity index (χ2n) is 4.90. The summed E-state index contributed by atoms with van der Waals surface area (Å²) in [4.78, 5) is 13.6. The highest BCUT2D eigenvalue weighted by molar-refractivity contribution is 7.17. The fourth-order valence-corrected chi connectivity index (χ4v) is 2.72. The fraction of sp³-hybridized carbons (Fsp3) is 0.400. The molecule has 0 fully saturated rings. The molecule has 0 radical (unpaired) electrons. The van der Waals surface area contributed by atoms with E-state index in [1.807, 2.05) is 38.1 Å². The van der Waals surface area contributed by atoms with E-state index in [1.54, 1.807) is 0 Å². The number of furan rings is 1. The molecule has 2 heterocycles. The van der Waals surface area contributed by atoms with Crippen molar-refractivity contribution in [2.24, 2.45) is 5.92 Å². The monoisotopic (exact) mass is 293 g/mol. The van der Waals surface area contributed by atoms with Crippen LogP contribution >= 0.6 is 11.3 Å². The van der Waals surface area contributed by atoms with Gasteiger partial charge in [-0.2, -0.15) is 0 Å². The van der Waals surface area contributed by atoms with Gasteiger partial charge in [-0.3, -0.25) is 4.79 Å². The SMILES string of the molecule is Cc1ccc(-c2ccc(C(=O)NC[C@H](C)CCO)s2)o1. The lowest BCUT2D eigenvalue weighted by molar-refractivity contribution is 0.0949. The van der Waals surface area contributed by atoms with Crippen LogP contribution in [0.15, 0.2) is 28.7 Å². The van der Waals surface area contributed by atoms with E-state index < -0.39 is 0 Å². The first kappa shape index (κ1) is 14.8. The van der Waals surface area contributed by atoms with Crippen LogP contribution in [0.4, 0.5) is 0 Å². The van der Waals surface area contributed by atoms with Crippen molar-refractivity contribution >= 4 is 17.2 Å². The van der Waals surface area contributed by atoms with Gasteiger partial charge in [-0.15, -0.1) is 11.3 Å². The Morgan fingerprint density at radius 3 is 2.85 bits per heavy atom. The molecule has 0 bridgehead atoms. The van der Waals surface area contributed by atoms with Crippen molar-refractivity contribution in [2.45, 2.75) is 20.3 Å². The second kappa shape index (κ2) is 6.72. The van der Waals surface area contributed by atoms with Crippen molar-refractivity contribution in [3.05, 3.63) is 34.9 Å². The smallest absolute Gasteiger partial charge is 0.261 e. The minimum absolute atomic E-state index is 0.0747. The van der Waals surface area contributed by atoms with Crippen LogP contribution in [-0.2, 0) is 0 Å². The molecule has 1 atom stereocenters. The average Bonchev–Trinajstić information content (AvgIpc) is 3.04. The maximum Gasteiger partial charge on any atom is 0.261 e. The molecule has 20 heavy (non-hydrogen) atoms. The zero-order valence-electron chi connectivity index (χ0n) is 11.7. The predicted octanol–water partition coefficient (Wildman–Crippen LogP) is 3.06. The highest BCUT2D eigenvalue weighted by atomic mass is 32.1. The lowest BCUT2D eigenvalue weighted by Gasteiger charge is -2.10. The van der Waals surface area contributed by atoms with E-state index in [2.05, 4.69) is 5.32 Å². The number of carbonyl (C=O) groups is 1. The van der Waals surface area contributed by atoms with Crippen LogP contribution < -0.4 is 5.32 Å². The lowest BCUT2D eigenvalue weighted by Crippen LogP contribution is -2.27. The van der Waals surface area contributed by atoms with Gasteiger partial charge in [0, 0.05) is 13.2 Å². The Hall–Kier alpha value is -1.59. The summed E-state index contributed by atoms with van der Waals surface area (Å²) in [5, 5.41) is 11.7.